The predicted molar refractivity (Wildman–Crippen MR) is 68.5 cm³/mol. The Morgan fingerprint density at radius 1 is 1.63 bits per heavy atom. The number of nitro groups is 1. The number of carbonyl (C=O) groups excluding carboxylic acids is 1. The zero-order valence-electron chi connectivity index (χ0n) is 10.3. The van der Waals surface area contributed by atoms with Crippen molar-refractivity contribution in [3.8, 4) is 5.75 Å². The molecule has 1 rings (SSSR count). The average molecular weight is 286 g/mol. The lowest BCUT2D eigenvalue weighted by Gasteiger charge is -2.16. The highest BCUT2D eigenvalue weighted by atomic mass is 35.5. The number of hydrogen-bond donors (Lipinski definition) is 1. The van der Waals surface area contributed by atoms with E-state index in [2.05, 4.69) is 10.3 Å². The second-order valence-corrected chi connectivity index (χ2v) is 3.91. The number of ether oxygens (including phenoxy) is 1. The van der Waals surface area contributed by atoms with Gasteiger partial charge in [-0.05, 0) is 19.1 Å². The average Bonchev–Trinajstić information content (AvgIpc) is 2.38. The van der Waals surface area contributed by atoms with Crippen molar-refractivity contribution in [3.63, 3.8) is 0 Å². The van der Waals surface area contributed by atoms with Crippen molar-refractivity contribution in [3.05, 3.63) is 45.4 Å². The zero-order valence-corrected chi connectivity index (χ0v) is 11.0. The molecule has 8 heteroatoms. The van der Waals surface area contributed by atoms with Crippen LogP contribution in [0.5, 0.6) is 5.75 Å². The third-order valence-electron chi connectivity index (χ3n) is 2.20. The van der Waals surface area contributed by atoms with Gasteiger partial charge in [-0.1, -0.05) is 11.6 Å². The van der Waals surface area contributed by atoms with E-state index in [0.29, 0.717) is 10.9 Å². The van der Waals surface area contributed by atoms with Crippen molar-refractivity contribution in [1.82, 2.24) is 10.3 Å². The van der Waals surface area contributed by atoms with Crippen LogP contribution in [0.25, 0.3) is 0 Å². The van der Waals surface area contributed by atoms with E-state index in [1.807, 2.05) is 0 Å². The largest absolute Gasteiger partial charge is 0.483 e. The molecule has 0 spiro atoms. The summed E-state index contributed by atoms with van der Waals surface area (Å²) in [5, 5.41) is 13.3. The molecule has 1 N–H and O–H groups in total. The van der Waals surface area contributed by atoms with Gasteiger partial charge in [0.05, 0.1) is 18.0 Å². The summed E-state index contributed by atoms with van der Waals surface area (Å²) in [6.07, 6.45) is 1.73. The molecule has 0 bridgehead atoms. The summed E-state index contributed by atoms with van der Waals surface area (Å²) in [5.74, 6) is -0.777. The van der Waals surface area contributed by atoms with Gasteiger partial charge in [0.1, 0.15) is 21.9 Å². The Balaban J connectivity index is 2.79. The van der Waals surface area contributed by atoms with Gasteiger partial charge in [0.2, 0.25) is 0 Å². The molecule has 0 radical (unpaired) electrons. The first-order chi connectivity index (χ1) is 8.93. The van der Waals surface area contributed by atoms with Gasteiger partial charge in [-0.2, -0.15) is 0 Å². The smallest absolute Gasteiger partial charge is 0.471 e. The number of hydrogen-bond acceptors (Lipinski definition) is 6. The lowest BCUT2D eigenvalue weighted by Crippen LogP contribution is -2.26. The number of carbonyl (C=O) groups is 1. The quantitative estimate of drug-likeness (QED) is 0.380. The first kappa shape index (κ1) is 14.9. The highest BCUT2D eigenvalue weighted by Gasteiger charge is 2.17. The minimum atomic E-state index is -1.21. The molecular weight excluding hydrogens is 274 g/mol. The highest BCUT2D eigenvalue weighted by molar-refractivity contribution is 6.29. The van der Waals surface area contributed by atoms with E-state index in [1.165, 1.54) is 6.20 Å². The first-order valence-corrected chi connectivity index (χ1v) is 5.67. The summed E-state index contributed by atoms with van der Waals surface area (Å²) >= 11 is 5.63. The summed E-state index contributed by atoms with van der Waals surface area (Å²) < 4.78 is 5.48. The molecule has 1 unspecified atom stereocenters. The van der Waals surface area contributed by atoms with Crippen LogP contribution < -0.4 is 10.1 Å². The fourth-order valence-corrected chi connectivity index (χ4v) is 1.39. The lowest BCUT2D eigenvalue weighted by atomic mass is 10.2. The minimum Gasteiger partial charge on any atom is -0.483 e. The summed E-state index contributed by atoms with van der Waals surface area (Å²) in [4.78, 5) is 24.1. The molecular formula is C11H12ClN3O4. The van der Waals surface area contributed by atoms with Crippen molar-refractivity contribution in [1.29, 1.82) is 0 Å². The topological polar surface area (TPSA) is 94.4 Å². The predicted octanol–water partition coefficient (Wildman–Crippen LogP) is 1.41. The normalized spacial score (nSPS) is 12.7. The van der Waals surface area contributed by atoms with Crippen LogP contribution in [0, 0.1) is 10.1 Å². The molecule has 102 valence electrons. The minimum absolute atomic E-state index is 0.289. The van der Waals surface area contributed by atoms with Gasteiger partial charge in [-0.15, -0.1) is 0 Å². The van der Waals surface area contributed by atoms with E-state index in [4.69, 9.17) is 16.3 Å². The van der Waals surface area contributed by atoms with Gasteiger partial charge in [-0.25, -0.2) is 9.78 Å². The highest BCUT2D eigenvalue weighted by Crippen LogP contribution is 2.15. The van der Waals surface area contributed by atoms with Crippen molar-refractivity contribution < 1.29 is 14.5 Å². The van der Waals surface area contributed by atoms with E-state index in [-0.39, 0.29) is 5.70 Å². The van der Waals surface area contributed by atoms with Gasteiger partial charge in [-0.3, -0.25) is 10.1 Å². The molecule has 0 aliphatic rings. The molecule has 0 saturated heterocycles. The number of likely N-dealkylation sites (N-methyl/N-ethyl adjacent to an activating group) is 1. The monoisotopic (exact) mass is 285 g/mol. The SMILES string of the molecule is CNC(=CC(=O)[N+](=O)[O-])C(C)Oc1ccc(Cl)nc1. The Morgan fingerprint density at radius 3 is 2.79 bits per heavy atom. The van der Waals surface area contributed by atoms with Gasteiger partial charge in [0.25, 0.3) is 0 Å². The van der Waals surface area contributed by atoms with Crippen LogP contribution in [0.3, 0.4) is 0 Å². The number of nitrogens with one attached hydrogen (secondary N) is 1. The van der Waals surface area contributed by atoms with E-state index < -0.39 is 16.9 Å². The van der Waals surface area contributed by atoms with Crippen molar-refractivity contribution in [2.24, 2.45) is 0 Å². The van der Waals surface area contributed by atoms with Crippen LogP contribution in [0.15, 0.2) is 30.1 Å². The Bertz CT molecular complexity index is 501. The number of halogens is 1. The number of pyridine rings is 1. The standard InChI is InChI=1S/C11H12ClN3O4/c1-7(9(13-2)5-11(16)15(17)18)19-8-3-4-10(12)14-6-8/h3-7,13H,1-2H3. The van der Waals surface area contributed by atoms with Gasteiger partial charge in [0.15, 0.2) is 0 Å². The third kappa shape index (κ3) is 4.55. The molecule has 0 aromatic carbocycles. The van der Waals surface area contributed by atoms with Crippen molar-refractivity contribution in [2.75, 3.05) is 7.05 Å². The molecule has 0 aliphatic heterocycles. The number of nitrogens with zero attached hydrogens (tertiary/aromatic N) is 2. The van der Waals surface area contributed by atoms with Crippen LogP contribution in [0.1, 0.15) is 6.92 Å². The summed E-state index contributed by atoms with van der Waals surface area (Å²) in [5.41, 5.74) is 0.289. The molecule has 1 heterocycles. The molecule has 1 aromatic heterocycles. The molecule has 1 aromatic rings. The number of amides is 1. The van der Waals surface area contributed by atoms with Gasteiger partial charge >= 0.3 is 5.91 Å². The van der Waals surface area contributed by atoms with Crippen molar-refractivity contribution >= 4 is 17.5 Å². The van der Waals surface area contributed by atoms with Gasteiger partial charge in [0, 0.05) is 7.05 Å². The summed E-state index contributed by atoms with van der Waals surface area (Å²) in [6.45, 7) is 1.64. The van der Waals surface area contributed by atoms with Crippen LogP contribution in [0.2, 0.25) is 5.15 Å². The second kappa shape index (κ2) is 6.69. The van der Waals surface area contributed by atoms with Crippen LogP contribution in [-0.4, -0.2) is 29.0 Å². The second-order valence-electron chi connectivity index (χ2n) is 3.52. The molecule has 0 aliphatic carbocycles. The maximum absolute atomic E-state index is 11.0. The van der Waals surface area contributed by atoms with Crippen LogP contribution in [0.4, 0.5) is 0 Å². The molecule has 0 fully saturated rings. The molecule has 19 heavy (non-hydrogen) atoms. The fourth-order valence-electron chi connectivity index (χ4n) is 1.28. The van der Waals surface area contributed by atoms with Crippen LogP contribution in [-0.2, 0) is 4.79 Å². The Labute approximate surface area is 114 Å². The maximum atomic E-state index is 11.0. The lowest BCUT2D eigenvalue weighted by molar-refractivity contribution is -0.396. The van der Waals surface area contributed by atoms with E-state index >= 15 is 0 Å². The molecule has 0 saturated carbocycles. The number of rotatable bonds is 5. The Morgan fingerprint density at radius 2 is 2.32 bits per heavy atom. The third-order valence-corrected chi connectivity index (χ3v) is 2.42. The van der Waals surface area contributed by atoms with Gasteiger partial charge < -0.3 is 10.1 Å². The van der Waals surface area contributed by atoms with E-state index in [9.17, 15) is 14.9 Å². The van der Waals surface area contributed by atoms with E-state index in [1.54, 1.807) is 26.1 Å². The van der Waals surface area contributed by atoms with E-state index in [0.717, 1.165) is 6.08 Å². The maximum Gasteiger partial charge on any atom is 0.471 e. The van der Waals surface area contributed by atoms with Crippen molar-refractivity contribution in [2.45, 2.75) is 13.0 Å². The zero-order chi connectivity index (χ0) is 14.4. The molecule has 1 atom stereocenters. The molecule has 7 nitrogen and oxygen atoms in total. The Hall–Kier alpha value is -2.15. The fraction of sp³-hybridized carbons (Fsp3) is 0.273. The van der Waals surface area contributed by atoms with Crippen LogP contribution >= 0.6 is 11.6 Å². The number of aromatic nitrogens is 1. The molecule has 1 amide bonds. The summed E-state index contributed by atoms with van der Waals surface area (Å²) in [6, 6.07) is 3.16. The Kier molecular flexibility index (Phi) is 5.25. The first-order valence-electron chi connectivity index (χ1n) is 5.30. The summed E-state index contributed by atoms with van der Waals surface area (Å²) in [7, 11) is 1.54.